The van der Waals surface area contributed by atoms with Crippen molar-refractivity contribution in [3.8, 4) is 0 Å². The molecule has 1 aliphatic carbocycles. The van der Waals surface area contributed by atoms with Gasteiger partial charge in [0.2, 0.25) is 0 Å². The summed E-state index contributed by atoms with van der Waals surface area (Å²) in [4.78, 5) is 11.2. The maximum Gasteiger partial charge on any atom is 0.490 e. The molecule has 0 radical (unpaired) electrons. The predicted octanol–water partition coefficient (Wildman–Crippen LogP) is 7.11. The summed E-state index contributed by atoms with van der Waals surface area (Å²) in [6, 6.07) is 10.9. The Balaban J connectivity index is 0.000000339. The summed E-state index contributed by atoms with van der Waals surface area (Å²) in [6.07, 6.45) is 2.57. The number of alkyl halides is 3. The molecular weight excluding hydrogens is 473 g/mol. The van der Waals surface area contributed by atoms with Crippen LogP contribution in [0.25, 0.3) is 10.8 Å². The molecule has 31 heavy (non-hydrogen) atoms. The Morgan fingerprint density at radius 2 is 1.81 bits per heavy atom. The van der Waals surface area contributed by atoms with Crippen molar-refractivity contribution in [1.29, 1.82) is 5.41 Å². The van der Waals surface area contributed by atoms with Gasteiger partial charge in [0.15, 0.2) is 0 Å². The lowest BCUT2D eigenvalue weighted by atomic mass is 9.86. The van der Waals surface area contributed by atoms with Crippen molar-refractivity contribution in [2.75, 3.05) is 11.4 Å². The molecular formula is C23H26BrF3N2O2. The van der Waals surface area contributed by atoms with Crippen LogP contribution in [0.4, 0.5) is 18.9 Å². The summed E-state index contributed by atoms with van der Waals surface area (Å²) in [6.45, 7) is 3.25. The van der Waals surface area contributed by atoms with Crippen molar-refractivity contribution in [1.82, 2.24) is 0 Å². The normalized spacial score (nSPS) is 19.0. The van der Waals surface area contributed by atoms with Crippen LogP contribution in [-0.2, 0) is 4.79 Å². The molecule has 1 atom stereocenters. The Kier molecular flexibility index (Phi) is 7.29. The van der Waals surface area contributed by atoms with Gasteiger partial charge in [-0.15, -0.1) is 0 Å². The molecule has 1 unspecified atom stereocenters. The molecule has 1 fully saturated rings. The number of hydrogen-bond acceptors (Lipinski definition) is 2. The molecule has 2 aliphatic rings. The van der Waals surface area contributed by atoms with E-state index in [-0.39, 0.29) is 0 Å². The zero-order chi connectivity index (χ0) is 22.8. The number of carboxylic acid groups (broad SMARTS) is 1. The van der Waals surface area contributed by atoms with E-state index in [0.717, 1.165) is 29.2 Å². The number of carboxylic acids is 1. The molecule has 2 aromatic rings. The van der Waals surface area contributed by atoms with Gasteiger partial charge in [0, 0.05) is 29.0 Å². The van der Waals surface area contributed by atoms with Crippen LogP contribution >= 0.6 is 15.9 Å². The highest BCUT2D eigenvalue weighted by Crippen LogP contribution is 2.43. The van der Waals surface area contributed by atoms with Gasteiger partial charge in [0.1, 0.15) is 5.84 Å². The van der Waals surface area contributed by atoms with Gasteiger partial charge in [-0.2, -0.15) is 13.2 Å². The number of hydrogen-bond donors (Lipinski definition) is 2. The van der Waals surface area contributed by atoms with Gasteiger partial charge >= 0.3 is 12.1 Å². The van der Waals surface area contributed by atoms with Crippen molar-refractivity contribution < 1.29 is 23.1 Å². The van der Waals surface area contributed by atoms with Crippen LogP contribution < -0.4 is 4.90 Å². The lowest BCUT2D eigenvalue weighted by molar-refractivity contribution is -0.192. The van der Waals surface area contributed by atoms with Gasteiger partial charge in [0.05, 0.1) is 0 Å². The molecule has 1 aliphatic heterocycles. The molecule has 2 aromatic carbocycles. The minimum atomic E-state index is -5.08. The summed E-state index contributed by atoms with van der Waals surface area (Å²) < 4.78 is 32.9. The van der Waals surface area contributed by atoms with E-state index >= 15 is 0 Å². The van der Waals surface area contributed by atoms with Crippen molar-refractivity contribution in [2.24, 2.45) is 5.92 Å². The van der Waals surface area contributed by atoms with Crippen molar-refractivity contribution in [3.05, 3.63) is 40.4 Å². The van der Waals surface area contributed by atoms with Crippen LogP contribution in [0.1, 0.15) is 56.9 Å². The van der Waals surface area contributed by atoms with E-state index < -0.39 is 12.1 Å². The van der Waals surface area contributed by atoms with Crippen LogP contribution in [0.5, 0.6) is 0 Å². The van der Waals surface area contributed by atoms with Crippen LogP contribution in [0.15, 0.2) is 34.8 Å². The van der Waals surface area contributed by atoms with Crippen molar-refractivity contribution in [3.63, 3.8) is 0 Å². The van der Waals surface area contributed by atoms with Crippen LogP contribution in [0, 0.1) is 11.3 Å². The Labute approximate surface area is 188 Å². The van der Waals surface area contributed by atoms with Gasteiger partial charge < -0.3 is 10.0 Å². The topological polar surface area (TPSA) is 64.4 Å². The standard InChI is InChI=1S/C21H25BrN2.C2HF3O2/c1-14-13-24(20(23)12-15-6-3-2-4-7-15)19-11-10-16-17(21(14)19)8-5-9-18(16)22;3-2(4,5)1(6)7/h5,8-11,14-15,23H,2-4,6-7,12-13H2,1H3;(H,6,7). The zero-order valence-corrected chi connectivity index (χ0v) is 18.9. The lowest BCUT2D eigenvalue weighted by Crippen LogP contribution is -2.30. The third-order valence-electron chi connectivity index (χ3n) is 6.04. The molecule has 1 heterocycles. The average Bonchev–Trinajstić information content (AvgIpc) is 3.06. The number of rotatable bonds is 2. The molecule has 4 rings (SSSR count). The number of halogens is 4. The molecule has 1 saturated carbocycles. The van der Waals surface area contributed by atoms with E-state index in [2.05, 4.69) is 58.1 Å². The fourth-order valence-corrected chi connectivity index (χ4v) is 5.08. The fourth-order valence-electron chi connectivity index (χ4n) is 4.58. The van der Waals surface area contributed by atoms with E-state index in [0.29, 0.717) is 5.92 Å². The molecule has 0 aromatic heterocycles. The highest BCUT2D eigenvalue weighted by molar-refractivity contribution is 9.10. The van der Waals surface area contributed by atoms with Crippen LogP contribution in [0.3, 0.4) is 0 Å². The zero-order valence-electron chi connectivity index (χ0n) is 17.3. The first-order valence-corrected chi connectivity index (χ1v) is 11.2. The number of amidine groups is 1. The maximum atomic E-state index is 10.6. The van der Waals surface area contributed by atoms with E-state index in [1.54, 1.807) is 0 Å². The molecule has 168 valence electrons. The highest BCUT2D eigenvalue weighted by atomic mass is 79.9. The second-order valence-electron chi connectivity index (χ2n) is 8.30. The maximum absolute atomic E-state index is 10.6. The first kappa shape index (κ1) is 23.6. The van der Waals surface area contributed by atoms with E-state index in [1.165, 1.54) is 54.1 Å². The number of nitrogens with zero attached hydrogens (tertiary/aromatic N) is 1. The van der Waals surface area contributed by atoms with Crippen molar-refractivity contribution >= 4 is 44.2 Å². The van der Waals surface area contributed by atoms with Crippen LogP contribution in [0.2, 0.25) is 0 Å². The van der Waals surface area contributed by atoms with E-state index in [1.807, 2.05) is 0 Å². The monoisotopic (exact) mass is 498 g/mol. The first-order chi connectivity index (χ1) is 14.6. The van der Waals surface area contributed by atoms with Gasteiger partial charge in [-0.25, -0.2) is 4.79 Å². The number of nitrogens with one attached hydrogen (secondary N) is 1. The van der Waals surface area contributed by atoms with Gasteiger partial charge in [-0.05, 0) is 34.4 Å². The Morgan fingerprint density at radius 3 is 2.42 bits per heavy atom. The molecule has 2 N–H and O–H groups in total. The Morgan fingerprint density at radius 1 is 1.16 bits per heavy atom. The Bertz CT molecular complexity index is 971. The number of anilines is 1. The molecule has 0 spiro atoms. The SMILES string of the molecule is CC1CN(C(=N)CC2CCCCC2)c2ccc3c(Br)cccc3c21.O=C(O)C(F)(F)F. The van der Waals surface area contributed by atoms with Gasteiger partial charge in [-0.3, -0.25) is 5.41 Å². The minimum Gasteiger partial charge on any atom is -0.475 e. The smallest absolute Gasteiger partial charge is 0.475 e. The lowest BCUT2D eigenvalue weighted by Gasteiger charge is -2.26. The summed E-state index contributed by atoms with van der Waals surface area (Å²) >= 11 is 3.68. The number of benzene rings is 2. The van der Waals surface area contributed by atoms with Crippen LogP contribution in [-0.4, -0.2) is 29.6 Å². The molecule has 0 saturated heterocycles. The Hall–Kier alpha value is -2.09. The van der Waals surface area contributed by atoms with E-state index in [4.69, 9.17) is 15.3 Å². The third-order valence-corrected chi connectivity index (χ3v) is 6.73. The number of aliphatic carboxylic acids is 1. The van der Waals surface area contributed by atoms with Gasteiger partial charge in [-0.1, -0.05) is 73.2 Å². The fraction of sp³-hybridized carbons (Fsp3) is 0.478. The largest absolute Gasteiger partial charge is 0.490 e. The minimum absolute atomic E-state index is 0.477. The quantitative estimate of drug-likeness (QED) is 0.342. The number of carbonyl (C=O) groups is 1. The molecule has 4 nitrogen and oxygen atoms in total. The number of fused-ring (bicyclic) bond motifs is 3. The highest BCUT2D eigenvalue weighted by Gasteiger charge is 2.38. The molecule has 0 bridgehead atoms. The molecule has 8 heteroatoms. The summed E-state index contributed by atoms with van der Waals surface area (Å²) in [7, 11) is 0. The molecule has 0 amide bonds. The second-order valence-corrected chi connectivity index (χ2v) is 9.16. The second kappa shape index (κ2) is 9.59. The first-order valence-electron chi connectivity index (χ1n) is 10.5. The van der Waals surface area contributed by atoms with E-state index in [9.17, 15) is 13.2 Å². The average molecular weight is 499 g/mol. The van der Waals surface area contributed by atoms with Crippen molar-refractivity contribution in [2.45, 2.75) is 57.5 Å². The summed E-state index contributed by atoms with van der Waals surface area (Å²) in [5, 5.41) is 18.5. The summed E-state index contributed by atoms with van der Waals surface area (Å²) in [5.41, 5.74) is 2.68. The third kappa shape index (κ3) is 5.40. The van der Waals surface area contributed by atoms with Gasteiger partial charge in [0.25, 0.3) is 0 Å². The summed E-state index contributed by atoms with van der Waals surface area (Å²) in [5.74, 6) is -0.737. The predicted molar refractivity (Wildman–Crippen MR) is 120 cm³/mol.